The van der Waals surface area contributed by atoms with Crippen LogP contribution < -0.4 is 0 Å². The van der Waals surface area contributed by atoms with E-state index in [4.69, 9.17) is 5.11 Å². The molecule has 2 rings (SSSR count). The third-order valence-electron chi connectivity index (χ3n) is 1.98. The summed E-state index contributed by atoms with van der Waals surface area (Å²) in [7, 11) is 0. The van der Waals surface area contributed by atoms with E-state index in [9.17, 15) is 9.90 Å². The molecule has 2 aromatic rings. The fourth-order valence-corrected chi connectivity index (χ4v) is 1.92. The Balaban J connectivity index is 2.70. The van der Waals surface area contributed by atoms with Crippen LogP contribution in [0.15, 0.2) is 22.8 Å². The molecule has 0 aliphatic heterocycles. The van der Waals surface area contributed by atoms with Crippen molar-refractivity contribution in [1.29, 1.82) is 0 Å². The summed E-state index contributed by atoms with van der Waals surface area (Å²) in [5.41, 5.74) is 0.645. The zero-order valence-corrected chi connectivity index (χ0v) is 9.10. The fraction of sp³-hybridized carbons (Fsp3) is 0.111. The number of aromatic hydroxyl groups is 1. The summed E-state index contributed by atoms with van der Waals surface area (Å²) in [4.78, 5) is 14.6. The van der Waals surface area contributed by atoms with Crippen molar-refractivity contribution in [3.63, 3.8) is 0 Å². The number of rotatable bonds is 2. The molecule has 2 N–H and O–H groups in total. The number of pyridine rings is 1. The van der Waals surface area contributed by atoms with Gasteiger partial charge in [0.05, 0.1) is 5.52 Å². The molecule has 0 saturated carbocycles. The number of halogens is 1. The van der Waals surface area contributed by atoms with Gasteiger partial charge in [0, 0.05) is 0 Å². The fourth-order valence-electron chi connectivity index (χ4n) is 1.40. The van der Waals surface area contributed by atoms with E-state index in [2.05, 4.69) is 20.9 Å². The number of aromatic nitrogens is 2. The number of imidazole rings is 1. The van der Waals surface area contributed by atoms with E-state index in [0.717, 1.165) is 0 Å². The van der Waals surface area contributed by atoms with E-state index in [1.807, 2.05) is 0 Å². The normalized spacial score (nSPS) is 10.7. The molecule has 5 nitrogen and oxygen atoms in total. The highest BCUT2D eigenvalue weighted by atomic mass is 79.9. The quantitative estimate of drug-likeness (QED) is 0.866. The van der Waals surface area contributed by atoms with Crippen LogP contribution >= 0.6 is 15.9 Å². The highest BCUT2D eigenvalue weighted by Crippen LogP contribution is 2.23. The Bertz CT molecular complexity index is 535. The van der Waals surface area contributed by atoms with Crippen LogP contribution in [0.5, 0.6) is 5.88 Å². The minimum Gasteiger partial charge on any atom is -0.494 e. The minimum absolute atomic E-state index is 0.0260. The first-order valence-corrected chi connectivity index (χ1v) is 4.95. The molecule has 0 atom stereocenters. The number of hydrogen-bond acceptors (Lipinski definition) is 3. The van der Waals surface area contributed by atoms with E-state index < -0.39 is 5.97 Å². The largest absolute Gasteiger partial charge is 0.494 e. The molecule has 0 amide bonds. The lowest BCUT2D eigenvalue weighted by molar-refractivity contribution is -0.136. The second kappa shape index (κ2) is 3.54. The van der Waals surface area contributed by atoms with Crippen LogP contribution in [0, 0.1) is 0 Å². The first-order chi connectivity index (χ1) is 7.09. The van der Waals surface area contributed by atoms with Crippen LogP contribution in [0.25, 0.3) is 5.52 Å². The summed E-state index contributed by atoms with van der Waals surface area (Å²) in [5.74, 6) is -0.720. The lowest BCUT2D eigenvalue weighted by Crippen LogP contribution is -2.04. The van der Waals surface area contributed by atoms with Gasteiger partial charge in [-0.2, -0.15) is 0 Å². The minimum atomic E-state index is -0.988. The smallest absolute Gasteiger partial charge is 0.311 e. The molecule has 2 heterocycles. The van der Waals surface area contributed by atoms with Crippen LogP contribution in [0.1, 0.15) is 5.82 Å². The Morgan fingerprint density at radius 2 is 2.27 bits per heavy atom. The highest BCUT2D eigenvalue weighted by Gasteiger charge is 2.13. The second-order valence-corrected chi connectivity index (χ2v) is 3.75. The summed E-state index contributed by atoms with van der Waals surface area (Å²) in [5, 5.41) is 18.3. The average Bonchev–Trinajstić information content (AvgIpc) is 2.44. The zero-order chi connectivity index (χ0) is 11.0. The number of aliphatic carboxylic acids is 1. The first-order valence-electron chi connectivity index (χ1n) is 4.16. The van der Waals surface area contributed by atoms with Gasteiger partial charge in [-0.1, -0.05) is 6.07 Å². The highest BCUT2D eigenvalue weighted by molar-refractivity contribution is 9.10. The molecule has 0 aliphatic rings. The molecular formula is C9H7BrN2O3. The predicted molar refractivity (Wildman–Crippen MR) is 55.9 cm³/mol. The van der Waals surface area contributed by atoms with E-state index in [-0.39, 0.29) is 12.3 Å². The number of carboxylic acids is 1. The number of carbonyl (C=O) groups is 1. The standard InChI is InChI=1S/C9H7BrN2O3/c10-9-5-2-1-3-7(13)12(5)6(11-9)4-8(14)15/h1-3,13H,4H2,(H,14,15). The molecule has 0 radical (unpaired) electrons. The third-order valence-corrected chi connectivity index (χ3v) is 2.56. The van der Waals surface area contributed by atoms with Gasteiger partial charge in [0.2, 0.25) is 0 Å². The summed E-state index contributed by atoms with van der Waals surface area (Å²) < 4.78 is 1.92. The number of nitrogens with zero attached hydrogens (tertiary/aromatic N) is 2. The zero-order valence-electron chi connectivity index (χ0n) is 7.51. The maximum atomic E-state index is 10.6. The SMILES string of the molecule is O=C(O)Cc1nc(Br)c2cccc(O)n12. The van der Waals surface area contributed by atoms with Gasteiger partial charge < -0.3 is 10.2 Å². The molecule has 0 aliphatic carbocycles. The van der Waals surface area contributed by atoms with Crippen LogP contribution in [0.4, 0.5) is 0 Å². The van der Waals surface area contributed by atoms with E-state index in [1.54, 1.807) is 12.1 Å². The van der Waals surface area contributed by atoms with Crippen molar-refractivity contribution >= 4 is 27.4 Å². The van der Waals surface area contributed by atoms with Gasteiger partial charge in [0.15, 0.2) is 5.88 Å². The Morgan fingerprint density at radius 1 is 1.53 bits per heavy atom. The molecule has 0 fully saturated rings. The van der Waals surface area contributed by atoms with Crippen LogP contribution in [0.2, 0.25) is 0 Å². The molecule has 0 saturated heterocycles. The van der Waals surface area contributed by atoms with Gasteiger partial charge >= 0.3 is 5.97 Å². The Hall–Kier alpha value is -1.56. The molecule has 6 heteroatoms. The van der Waals surface area contributed by atoms with Crippen molar-refractivity contribution in [1.82, 2.24) is 9.38 Å². The monoisotopic (exact) mass is 270 g/mol. The number of fused-ring (bicyclic) bond motifs is 1. The van der Waals surface area contributed by atoms with Crippen molar-refractivity contribution in [2.75, 3.05) is 0 Å². The van der Waals surface area contributed by atoms with E-state index >= 15 is 0 Å². The molecule has 78 valence electrons. The van der Waals surface area contributed by atoms with Crippen LogP contribution in [-0.2, 0) is 11.2 Å². The molecule has 0 spiro atoms. The summed E-state index contributed by atoms with van der Waals surface area (Å²) >= 11 is 3.21. The lowest BCUT2D eigenvalue weighted by Gasteiger charge is -2.00. The maximum absolute atomic E-state index is 10.6. The Morgan fingerprint density at radius 3 is 2.93 bits per heavy atom. The summed E-state index contributed by atoms with van der Waals surface area (Å²) in [6.07, 6.45) is -0.232. The summed E-state index contributed by atoms with van der Waals surface area (Å²) in [6.45, 7) is 0. The van der Waals surface area contributed by atoms with Crippen LogP contribution in [-0.4, -0.2) is 25.6 Å². The molecule has 0 aromatic carbocycles. The van der Waals surface area contributed by atoms with Gasteiger partial charge in [-0.15, -0.1) is 0 Å². The topological polar surface area (TPSA) is 74.8 Å². The maximum Gasteiger partial charge on any atom is 0.311 e. The van der Waals surface area contributed by atoms with Gasteiger partial charge in [0.25, 0.3) is 0 Å². The van der Waals surface area contributed by atoms with Crippen molar-refractivity contribution in [2.45, 2.75) is 6.42 Å². The first kappa shape index (κ1) is 9.97. The van der Waals surface area contributed by atoms with Crippen molar-refractivity contribution in [3.05, 3.63) is 28.6 Å². The Labute approximate surface area is 93.1 Å². The molecule has 0 unspecified atom stereocenters. The van der Waals surface area contributed by atoms with Gasteiger partial charge in [-0.25, -0.2) is 4.98 Å². The van der Waals surface area contributed by atoms with Crippen molar-refractivity contribution in [3.8, 4) is 5.88 Å². The van der Waals surface area contributed by atoms with E-state index in [1.165, 1.54) is 10.5 Å². The van der Waals surface area contributed by atoms with E-state index in [0.29, 0.717) is 15.9 Å². The van der Waals surface area contributed by atoms with Crippen molar-refractivity contribution in [2.24, 2.45) is 0 Å². The molecule has 15 heavy (non-hydrogen) atoms. The second-order valence-electron chi connectivity index (χ2n) is 2.99. The number of hydrogen-bond donors (Lipinski definition) is 2. The third kappa shape index (κ3) is 1.68. The van der Waals surface area contributed by atoms with Gasteiger partial charge in [0.1, 0.15) is 16.8 Å². The van der Waals surface area contributed by atoms with Crippen molar-refractivity contribution < 1.29 is 15.0 Å². The molecular weight excluding hydrogens is 264 g/mol. The molecule has 2 aromatic heterocycles. The molecule has 0 bridgehead atoms. The average molecular weight is 271 g/mol. The number of carboxylic acid groups (broad SMARTS) is 1. The van der Waals surface area contributed by atoms with Gasteiger partial charge in [-0.3, -0.25) is 9.20 Å². The lowest BCUT2D eigenvalue weighted by atomic mass is 10.4. The Kier molecular flexibility index (Phi) is 2.36. The summed E-state index contributed by atoms with van der Waals surface area (Å²) in [6, 6.07) is 4.89. The predicted octanol–water partition coefficient (Wildman–Crippen LogP) is 1.43. The van der Waals surface area contributed by atoms with Crippen LogP contribution in [0.3, 0.4) is 0 Å². The van der Waals surface area contributed by atoms with Gasteiger partial charge in [-0.05, 0) is 28.1 Å².